The van der Waals surface area contributed by atoms with Crippen molar-refractivity contribution in [2.24, 2.45) is 16.6 Å². The number of fused-ring (bicyclic) bond motifs is 1. The average molecular weight is 404 g/mol. The number of hydrogen-bond donors (Lipinski definition) is 1. The lowest BCUT2D eigenvalue weighted by atomic mass is 10.00. The van der Waals surface area contributed by atoms with Crippen molar-refractivity contribution in [2.45, 2.75) is 52.1 Å². The maximum absolute atomic E-state index is 6.11. The minimum atomic E-state index is 0. The molecule has 0 aromatic carbocycles. The molecule has 3 heterocycles. The lowest BCUT2D eigenvalue weighted by Crippen LogP contribution is -2.42. The molecular formula is C14H25IN6. The van der Waals surface area contributed by atoms with Gasteiger partial charge in [-0.2, -0.15) is 0 Å². The van der Waals surface area contributed by atoms with Crippen molar-refractivity contribution >= 4 is 29.9 Å². The molecule has 2 aliphatic heterocycles. The molecule has 0 bridgehead atoms. The lowest BCUT2D eigenvalue weighted by Gasteiger charge is -2.31. The average Bonchev–Trinajstić information content (AvgIpc) is 2.89. The van der Waals surface area contributed by atoms with E-state index in [1.54, 1.807) is 0 Å². The summed E-state index contributed by atoms with van der Waals surface area (Å²) in [5.41, 5.74) is 6.11. The maximum Gasteiger partial charge on any atom is 0.191 e. The highest BCUT2D eigenvalue weighted by atomic mass is 127. The number of nitrogens with zero attached hydrogens (tertiary/aromatic N) is 5. The number of guanidine groups is 1. The Balaban J connectivity index is 0.00000161. The highest BCUT2D eigenvalue weighted by molar-refractivity contribution is 14.0. The van der Waals surface area contributed by atoms with Crippen LogP contribution in [-0.4, -0.2) is 38.7 Å². The SMILES string of the molecule is CC1CCN(C(N)=NCc2nnc3n2CCCC3)CC1.I. The molecule has 1 aromatic rings. The highest BCUT2D eigenvalue weighted by Gasteiger charge is 2.18. The minimum Gasteiger partial charge on any atom is -0.370 e. The van der Waals surface area contributed by atoms with Crippen LogP contribution in [0.2, 0.25) is 0 Å². The van der Waals surface area contributed by atoms with Gasteiger partial charge in [0, 0.05) is 26.1 Å². The van der Waals surface area contributed by atoms with Crippen molar-refractivity contribution in [3.05, 3.63) is 11.6 Å². The van der Waals surface area contributed by atoms with Gasteiger partial charge in [0.25, 0.3) is 0 Å². The van der Waals surface area contributed by atoms with Gasteiger partial charge in [-0.25, -0.2) is 4.99 Å². The Labute approximate surface area is 143 Å². The molecule has 0 amide bonds. The molecule has 6 nitrogen and oxygen atoms in total. The fourth-order valence-corrected chi connectivity index (χ4v) is 2.97. The number of piperidine rings is 1. The van der Waals surface area contributed by atoms with Crippen LogP contribution in [-0.2, 0) is 19.5 Å². The monoisotopic (exact) mass is 404 g/mol. The molecule has 1 saturated heterocycles. The number of likely N-dealkylation sites (tertiary alicyclic amines) is 1. The van der Waals surface area contributed by atoms with Gasteiger partial charge in [-0.1, -0.05) is 6.92 Å². The van der Waals surface area contributed by atoms with E-state index < -0.39 is 0 Å². The zero-order valence-electron chi connectivity index (χ0n) is 12.7. The van der Waals surface area contributed by atoms with E-state index in [1.165, 1.54) is 25.7 Å². The summed E-state index contributed by atoms with van der Waals surface area (Å²) < 4.78 is 2.21. The number of aliphatic imine (C=N–C) groups is 1. The van der Waals surface area contributed by atoms with E-state index in [2.05, 4.69) is 31.6 Å². The van der Waals surface area contributed by atoms with Crippen molar-refractivity contribution < 1.29 is 0 Å². The van der Waals surface area contributed by atoms with E-state index >= 15 is 0 Å². The van der Waals surface area contributed by atoms with E-state index in [4.69, 9.17) is 5.73 Å². The zero-order valence-corrected chi connectivity index (χ0v) is 15.0. The smallest absolute Gasteiger partial charge is 0.191 e. The van der Waals surface area contributed by atoms with Crippen LogP contribution in [0.3, 0.4) is 0 Å². The van der Waals surface area contributed by atoms with Crippen LogP contribution in [0.4, 0.5) is 0 Å². The summed E-state index contributed by atoms with van der Waals surface area (Å²) in [5.74, 6) is 3.52. The first-order valence-electron chi connectivity index (χ1n) is 7.70. The second kappa shape index (κ2) is 7.42. The third kappa shape index (κ3) is 3.87. The van der Waals surface area contributed by atoms with Crippen LogP contribution in [0, 0.1) is 5.92 Å². The fraction of sp³-hybridized carbons (Fsp3) is 0.786. The predicted octanol–water partition coefficient (Wildman–Crippen LogP) is 1.78. The molecule has 1 fully saturated rings. The number of aromatic nitrogens is 3. The van der Waals surface area contributed by atoms with Gasteiger partial charge >= 0.3 is 0 Å². The van der Waals surface area contributed by atoms with Crippen molar-refractivity contribution in [2.75, 3.05) is 13.1 Å². The Hall–Kier alpha value is -0.860. The number of rotatable bonds is 2. The van der Waals surface area contributed by atoms with Crippen LogP contribution in [0.15, 0.2) is 4.99 Å². The summed E-state index contributed by atoms with van der Waals surface area (Å²) in [6.45, 7) is 5.91. The summed E-state index contributed by atoms with van der Waals surface area (Å²) in [4.78, 5) is 6.71. The molecule has 3 rings (SSSR count). The van der Waals surface area contributed by atoms with Gasteiger partial charge in [0.05, 0.1) is 0 Å². The van der Waals surface area contributed by atoms with Crippen molar-refractivity contribution in [3.63, 3.8) is 0 Å². The van der Waals surface area contributed by atoms with E-state index in [0.29, 0.717) is 12.5 Å². The second-order valence-corrected chi connectivity index (χ2v) is 5.99. The van der Waals surface area contributed by atoms with Gasteiger partial charge in [-0.3, -0.25) is 0 Å². The van der Waals surface area contributed by atoms with Crippen LogP contribution >= 0.6 is 24.0 Å². The van der Waals surface area contributed by atoms with E-state index in [9.17, 15) is 0 Å². The van der Waals surface area contributed by atoms with Gasteiger partial charge < -0.3 is 15.2 Å². The maximum atomic E-state index is 6.11. The first-order chi connectivity index (χ1) is 9.74. The Morgan fingerprint density at radius 3 is 2.76 bits per heavy atom. The van der Waals surface area contributed by atoms with Crippen LogP contribution in [0.5, 0.6) is 0 Å². The van der Waals surface area contributed by atoms with Crippen molar-refractivity contribution in [1.82, 2.24) is 19.7 Å². The largest absolute Gasteiger partial charge is 0.370 e. The summed E-state index contributed by atoms with van der Waals surface area (Å²) in [7, 11) is 0. The quantitative estimate of drug-likeness (QED) is 0.464. The molecule has 0 atom stereocenters. The Morgan fingerprint density at radius 2 is 2.00 bits per heavy atom. The minimum absolute atomic E-state index is 0. The molecule has 2 N–H and O–H groups in total. The Morgan fingerprint density at radius 1 is 1.24 bits per heavy atom. The van der Waals surface area contributed by atoms with Gasteiger partial charge in [0.2, 0.25) is 0 Å². The van der Waals surface area contributed by atoms with Gasteiger partial charge in [-0.05, 0) is 31.6 Å². The lowest BCUT2D eigenvalue weighted by molar-refractivity contribution is 0.277. The van der Waals surface area contributed by atoms with Gasteiger partial charge in [0.15, 0.2) is 11.8 Å². The number of aryl methyl sites for hydroxylation is 1. The topological polar surface area (TPSA) is 72.3 Å². The van der Waals surface area contributed by atoms with Crippen molar-refractivity contribution in [1.29, 1.82) is 0 Å². The molecule has 0 radical (unpaired) electrons. The van der Waals surface area contributed by atoms with E-state index in [-0.39, 0.29) is 24.0 Å². The fourth-order valence-electron chi connectivity index (χ4n) is 2.97. The second-order valence-electron chi connectivity index (χ2n) is 5.99. The highest BCUT2D eigenvalue weighted by Crippen LogP contribution is 2.17. The van der Waals surface area contributed by atoms with Crippen molar-refractivity contribution in [3.8, 4) is 0 Å². The molecule has 1 aromatic heterocycles. The standard InChI is InChI=1S/C14H24N6.HI/c1-11-5-8-19(9-6-11)14(15)16-10-13-18-17-12-4-2-3-7-20(12)13;/h11H,2-10H2,1H3,(H2,15,16);1H. The predicted molar refractivity (Wildman–Crippen MR) is 93.7 cm³/mol. The zero-order chi connectivity index (χ0) is 13.9. The number of halogens is 1. The van der Waals surface area contributed by atoms with E-state index in [1.807, 2.05) is 0 Å². The molecule has 21 heavy (non-hydrogen) atoms. The normalized spacial score (nSPS) is 20.0. The Kier molecular flexibility index (Phi) is 5.83. The van der Waals surface area contributed by atoms with Crippen LogP contribution in [0.1, 0.15) is 44.3 Å². The molecule has 0 saturated carbocycles. The first kappa shape index (κ1) is 16.5. The van der Waals surface area contributed by atoms with Gasteiger partial charge in [0.1, 0.15) is 12.4 Å². The number of hydrogen-bond acceptors (Lipinski definition) is 3. The first-order valence-corrected chi connectivity index (χ1v) is 7.70. The van der Waals surface area contributed by atoms with Crippen LogP contribution < -0.4 is 5.73 Å². The number of nitrogens with two attached hydrogens (primary N) is 1. The Bertz CT molecular complexity index is 490. The third-order valence-electron chi connectivity index (χ3n) is 4.43. The third-order valence-corrected chi connectivity index (χ3v) is 4.43. The molecular weight excluding hydrogens is 379 g/mol. The molecule has 0 unspecified atom stereocenters. The molecule has 0 aliphatic carbocycles. The summed E-state index contributed by atoms with van der Waals surface area (Å²) >= 11 is 0. The molecule has 2 aliphatic rings. The summed E-state index contributed by atoms with van der Waals surface area (Å²) in [6.07, 6.45) is 5.88. The van der Waals surface area contributed by atoms with Crippen LogP contribution in [0.25, 0.3) is 0 Å². The summed E-state index contributed by atoms with van der Waals surface area (Å²) in [6, 6.07) is 0. The molecule has 7 heteroatoms. The van der Waals surface area contributed by atoms with Gasteiger partial charge in [-0.15, -0.1) is 34.2 Å². The van der Waals surface area contributed by atoms with E-state index in [0.717, 1.165) is 43.6 Å². The molecule has 118 valence electrons. The molecule has 0 spiro atoms. The summed E-state index contributed by atoms with van der Waals surface area (Å²) in [5, 5.41) is 8.51.